The number of rotatable bonds is 3. The fourth-order valence-corrected chi connectivity index (χ4v) is 1.85. The Bertz CT molecular complexity index is 262. The third-order valence-corrected chi connectivity index (χ3v) is 2.56. The summed E-state index contributed by atoms with van der Waals surface area (Å²) in [5.74, 6) is -0.829. The summed E-state index contributed by atoms with van der Waals surface area (Å²) in [5, 5.41) is 8.46. The van der Waals surface area contributed by atoms with Gasteiger partial charge < -0.3 is 9.84 Å². The van der Waals surface area contributed by atoms with E-state index >= 15 is 0 Å². The molecule has 15 heavy (non-hydrogen) atoms. The van der Waals surface area contributed by atoms with E-state index in [0.29, 0.717) is 5.92 Å². The molecule has 4 nitrogen and oxygen atoms in total. The number of carboxylic acid groups (broad SMARTS) is 1. The van der Waals surface area contributed by atoms with Crippen molar-refractivity contribution in [2.45, 2.75) is 38.7 Å². The van der Waals surface area contributed by atoms with Gasteiger partial charge in [0.1, 0.15) is 6.10 Å². The minimum atomic E-state index is -0.905. The molecule has 1 aliphatic carbocycles. The molecular weight excluding hydrogens is 196 g/mol. The molecule has 1 N–H and O–H groups in total. The van der Waals surface area contributed by atoms with Crippen molar-refractivity contribution in [2.75, 3.05) is 0 Å². The smallest absolute Gasteiger partial charge is 0.327 e. The normalized spacial score (nSPS) is 26.5. The van der Waals surface area contributed by atoms with Gasteiger partial charge in [-0.15, -0.1) is 0 Å². The van der Waals surface area contributed by atoms with Gasteiger partial charge in [0.25, 0.3) is 0 Å². The lowest BCUT2D eigenvalue weighted by atomic mass is 9.87. The second kappa shape index (κ2) is 5.53. The first-order valence-electron chi connectivity index (χ1n) is 5.16. The zero-order valence-electron chi connectivity index (χ0n) is 8.81. The average Bonchev–Trinajstić information content (AvgIpc) is 2.16. The van der Waals surface area contributed by atoms with Crippen molar-refractivity contribution >= 4 is 11.9 Å². The van der Waals surface area contributed by atoms with E-state index < -0.39 is 5.97 Å². The summed E-state index contributed by atoms with van der Waals surface area (Å²) in [6, 6.07) is 0. The van der Waals surface area contributed by atoms with Crippen molar-refractivity contribution in [1.82, 2.24) is 0 Å². The molecule has 0 amide bonds. The fourth-order valence-electron chi connectivity index (χ4n) is 1.85. The average molecular weight is 212 g/mol. The molecule has 84 valence electrons. The Morgan fingerprint density at radius 2 is 1.87 bits per heavy atom. The third kappa shape index (κ3) is 4.63. The molecule has 4 heteroatoms. The molecule has 0 radical (unpaired) electrons. The van der Waals surface area contributed by atoms with Crippen LogP contribution >= 0.6 is 0 Å². The largest absolute Gasteiger partial charge is 0.478 e. The molecule has 0 atom stereocenters. The van der Waals surface area contributed by atoms with Crippen molar-refractivity contribution in [3.8, 4) is 0 Å². The van der Waals surface area contributed by atoms with Gasteiger partial charge in [0.05, 0.1) is 0 Å². The topological polar surface area (TPSA) is 63.6 Å². The summed E-state index contributed by atoms with van der Waals surface area (Å²) < 4.78 is 5.09. The van der Waals surface area contributed by atoms with E-state index in [-0.39, 0.29) is 12.1 Å². The van der Waals surface area contributed by atoms with Crippen LogP contribution in [0.4, 0.5) is 0 Å². The number of carbonyl (C=O) groups is 2. The highest BCUT2D eigenvalue weighted by Gasteiger charge is 2.21. The molecular formula is C11H16O4. The van der Waals surface area contributed by atoms with Crippen LogP contribution in [0.2, 0.25) is 0 Å². The molecule has 0 spiro atoms. The Morgan fingerprint density at radius 3 is 2.33 bits per heavy atom. The van der Waals surface area contributed by atoms with E-state index in [1.807, 2.05) is 0 Å². The number of ether oxygens (including phenoxy) is 1. The summed E-state index contributed by atoms with van der Waals surface area (Å²) in [7, 11) is 0. The number of aliphatic carboxylic acids is 1. The zero-order chi connectivity index (χ0) is 11.3. The summed E-state index contributed by atoms with van der Waals surface area (Å²) in [4.78, 5) is 21.0. The van der Waals surface area contributed by atoms with Gasteiger partial charge in [0.15, 0.2) is 0 Å². The maximum Gasteiger partial charge on any atom is 0.327 e. The van der Waals surface area contributed by atoms with Crippen LogP contribution in [-0.4, -0.2) is 23.1 Å². The van der Waals surface area contributed by atoms with Gasteiger partial charge in [-0.1, -0.05) is 6.08 Å². The monoisotopic (exact) mass is 212 g/mol. The number of hydrogen-bond donors (Lipinski definition) is 1. The minimum Gasteiger partial charge on any atom is -0.478 e. The number of hydrogen-bond acceptors (Lipinski definition) is 3. The van der Waals surface area contributed by atoms with E-state index in [2.05, 4.69) is 0 Å². The highest BCUT2D eigenvalue weighted by molar-refractivity contribution is 5.79. The quantitative estimate of drug-likeness (QED) is 0.571. The predicted octanol–water partition coefficient (Wildman–Crippen LogP) is 1.75. The Labute approximate surface area is 88.9 Å². The van der Waals surface area contributed by atoms with Crippen molar-refractivity contribution in [2.24, 2.45) is 5.92 Å². The number of esters is 1. The number of carbonyl (C=O) groups excluding carboxylic acids is 1. The maximum atomic E-state index is 10.7. The van der Waals surface area contributed by atoms with Gasteiger partial charge in [0, 0.05) is 13.0 Å². The van der Waals surface area contributed by atoms with Crippen LogP contribution in [-0.2, 0) is 14.3 Å². The molecule has 0 aromatic rings. The number of carboxylic acids is 1. The Morgan fingerprint density at radius 1 is 1.27 bits per heavy atom. The lowest BCUT2D eigenvalue weighted by Crippen LogP contribution is -2.22. The molecule has 1 aliphatic rings. The van der Waals surface area contributed by atoms with Crippen molar-refractivity contribution in [1.29, 1.82) is 0 Å². The highest BCUT2D eigenvalue weighted by atomic mass is 16.5. The first-order chi connectivity index (χ1) is 7.08. The highest BCUT2D eigenvalue weighted by Crippen LogP contribution is 2.27. The van der Waals surface area contributed by atoms with Gasteiger partial charge in [0.2, 0.25) is 0 Å². The molecule has 0 unspecified atom stereocenters. The van der Waals surface area contributed by atoms with Gasteiger partial charge >= 0.3 is 11.9 Å². The van der Waals surface area contributed by atoms with Crippen LogP contribution in [0.1, 0.15) is 32.6 Å². The van der Waals surface area contributed by atoms with Crippen molar-refractivity contribution < 1.29 is 19.4 Å². The lowest BCUT2D eigenvalue weighted by Gasteiger charge is -2.25. The standard InChI is InChI=1S/C11H16O4/c1-8(12)15-10-5-2-9(3-6-10)4-7-11(13)14/h4,7,9-10H,2-3,5-6H2,1H3,(H,13,14)/b7-4+. The molecule has 1 fully saturated rings. The zero-order valence-corrected chi connectivity index (χ0v) is 8.81. The molecule has 0 aliphatic heterocycles. The van der Waals surface area contributed by atoms with Crippen LogP contribution in [0.25, 0.3) is 0 Å². The second-order valence-corrected chi connectivity index (χ2v) is 3.84. The van der Waals surface area contributed by atoms with E-state index in [4.69, 9.17) is 9.84 Å². The minimum absolute atomic E-state index is 0.0250. The first kappa shape index (κ1) is 11.8. The Balaban J connectivity index is 2.29. The lowest BCUT2D eigenvalue weighted by molar-refractivity contribution is -0.148. The fraction of sp³-hybridized carbons (Fsp3) is 0.636. The first-order valence-corrected chi connectivity index (χ1v) is 5.16. The van der Waals surface area contributed by atoms with Crippen LogP contribution in [0.15, 0.2) is 12.2 Å². The van der Waals surface area contributed by atoms with Crippen LogP contribution in [0.3, 0.4) is 0 Å². The van der Waals surface area contributed by atoms with Crippen LogP contribution in [0, 0.1) is 5.92 Å². The molecule has 0 aromatic carbocycles. The van der Waals surface area contributed by atoms with Gasteiger partial charge in [-0.3, -0.25) is 4.79 Å². The van der Waals surface area contributed by atoms with E-state index in [9.17, 15) is 9.59 Å². The maximum absolute atomic E-state index is 10.7. The SMILES string of the molecule is CC(=O)OC1CCC(/C=C/C(=O)O)CC1. The molecule has 0 bridgehead atoms. The van der Waals surface area contributed by atoms with Crippen LogP contribution < -0.4 is 0 Å². The van der Waals surface area contributed by atoms with E-state index in [1.165, 1.54) is 13.0 Å². The third-order valence-electron chi connectivity index (χ3n) is 2.56. The van der Waals surface area contributed by atoms with Crippen molar-refractivity contribution in [3.05, 3.63) is 12.2 Å². The predicted molar refractivity (Wildman–Crippen MR) is 54.3 cm³/mol. The summed E-state index contributed by atoms with van der Waals surface area (Å²) >= 11 is 0. The van der Waals surface area contributed by atoms with Gasteiger partial charge in [-0.05, 0) is 31.6 Å². The van der Waals surface area contributed by atoms with Crippen LogP contribution in [0.5, 0.6) is 0 Å². The van der Waals surface area contributed by atoms with Crippen molar-refractivity contribution in [3.63, 3.8) is 0 Å². The molecule has 1 rings (SSSR count). The summed E-state index contributed by atoms with van der Waals surface area (Å²) in [6.07, 6.45) is 6.38. The number of allylic oxidation sites excluding steroid dienone is 1. The van der Waals surface area contributed by atoms with Gasteiger partial charge in [-0.2, -0.15) is 0 Å². The molecule has 0 heterocycles. The molecule has 0 saturated heterocycles. The second-order valence-electron chi connectivity index (χ2n) is 3.84. The summed E-state index contributed by atoms with van der Waals surface area (Å²) in [5.41, 5.74) is 0. The van der Waals surface area contributed by atoms with Gasteiger partial charge in [-0.25, -0.2) is 4.79 Å². The molecule has 0 aromatic heterocycles. The Kier molecular flexibility index (Phi) is 4.34. The molecule has 1 saturated carbocycles. The van der Waals surface area contributed by atoms with E-state index in [0.717, 1.165) is 25.7 Å². The van der Waals surface area contributed by atoms with E-state index in [1.54, 1.807) is 6.08 Å². The summed E-state index contributed by atoms with van der Waals surface area (Å²) in [6.45, 7) is 1.41. The Hall–Kier alpha value is -1.32.